The van der Waals surface area contributed by atoms with E-state index < -0.39 is 39.4 Å². The van der Waals surface area contributed by atoms with Crippen molar-refractivity contribution in [3.63, 3.8) is 0 Å². The molecule has 5 atom stereocenters. The monoisotopic (exact) mass is 852 g/mol. The predicted molar refractivity (Wildman–Crippen MR) is 210 cm³/mol. The predicted octanol–water partition coefficient (Wildman–Crippen LogP) is 5.79. The summed E-state index contributed by atoms with van der Waals surface area (Å²) >= 11 is 0. The fourth-order valence-electron chi connectivity index (χ4n) is 3.37. The lowest BCUT2D eigenvalue weighted by Gasteiger charge is -2.25. The van der Waals surface area contributed by atoms with Gasteiger partial charge in [-0.25, -0.2) is 28.5 Å². The summed E-state index contributed by atoms with van der Waals surface area (Å²) in [4.78, 5) is 0. The third-order valence-electron chi connectivity index (χ3n) is 5.08. The average Bonchev–Trinajstić information content (AvgIpc) is 3.67. The third kappa shape index (κ3) is 33.9. The first-order valence-electron chi connectivity index (χ1n) is 17.9. The second-order valence-electron chi connectivity index (χ2n) is 14.3. The van der Waals surface area contributed by atoms with E-state index in [1.807, 2.05) is 34.6 Å². The van der Waals surface area contributed by atoms with Crippen LogP contribution in [0.4, 0.5) is 0 Å². The van der Waals surface area contributed by atoms with Crippen molar-refractivity contribution >= 4 is 33.4 Å². The van der Waals surface area contributed by atoms with Gasteiger partial charge in [-0.15, -0.1) is 0 Å². The molecule has 1 fully saturated rings. The normalized spacial score (nSPS) is 18.3. The molecule has 0 aliphatic carbocycles. The highest BCUT2D eigenvalue weighted by Crippen LogP contribution is 2.59. The van der Waals surface area contributed by atoms with Crippen LogP contribution in [0.1, 0.15) is 111 Å². The van der Waals surface area contributed by atoms with Crippen molar-refractivity contribution in [2.24, 2.45) is 5.73 Å². The van der Waals surface area contributed by atoms with Crippen LogP contribution < -0.4 is 15.9 Å². The fourth-order valence-corrected chi connectivity index (χ4v) is 9.90. The molecule has 5 unspecified atom stereocenters. The third-order valence-corrected chi connectivity index (χ3v) is 12.5. The summed E-state index contributed by atoms with van der Waals surface area (Å²) in [6, 6.07) is -0.570. The first-order valence-corrected chi connectivity index (χ1v) is 24.3. The number of aliphatic hydroxyl groups excluding tert-OH is 2. The van der Waals surface area contributed by atoms with E-state index in [1.54, 1.807) is 80.8 Å². The van der Waals surface area contributed by atoms with Gasteiger partial charge in [0.25, 0.3) is 10.1 Å². The molecule has 18 nitrogen and oxygen atoms in total. The van der Waals surface area contributed by atoms with Gasteiger partial charge in [0, 0.05) is 30.7 Å². The maximum atomic E-state index is 12.4. The smallest absolute Gasteiger partial charge is 0.395 e. The van der Waals surface area contributed by atoms with E-state index >= 15 is 0 Å². The SMILES string of the molecule is CC(C)OP(=O)(OC(C)C)N1CC1C.CC(CO)NP(=O)(OC(C)C)OC(C)C.CC(COS(C)(=O)=O)NP(=O)(OC(C)C)OC(C)C.CC(N)CO. The van der Waals surface area contributed by atoms with E-state index in [4.69, 9.17) is 43.1 Å². The highest BCUT2D eigenvalue weighted by molar-refractivity contribution is 7.86. The van der Waals surface area contributed by atoms with Gasteiger partial charge in [-0.05, 0) is 111 Å². The molecule has 22 heteroatoms. The van der Waals surface area contributed by atoms with Gasteiger partial charge in [-0.3, -0.25) is 31.3 Å². The Morgan fingerprint density at radius 1 is 0.642 bits per heavy atom. The van der Waals surface area contributed by atoms with Crippen molar-refractivity contribution in [3.8, 4) is 0 Å². The summed E-state index contributed by atoms with van der Waals surface area (Å²) in [5, 5.41) is 22.2. The van der Waals surface area contributed by atoms with Crippen LogP contribution in [0.3, 0.4) is 0 Å². The number of hydrogen-bond acceptors (Lipinski definition) is 15. The van der Waals surface area contributed by atoms with Crippen molar-refractivity contribution in [2.75, 3.05) is 32.6 Å². The molecular weight excluding hydrogens is 777 g/mol. The van der Waals surface area contributed by atoms with Crippen LogP contribution in [0.2, 0.25) is 0 Å². The first-order chi connectivity index (χ1) is 23.8. The molecule has 0 saturated carbocycles. The lowest BCUT2D eigenvalue weighted by atomic mass is 10.4. The molecule has 0 amide bonds. The zero-order valence-corrected chi connectivity index (χ0v) is 38.7. The highest BCUT2D eigenvalue weighted by Gasteiger charge is 2.48. The Kier molecular flexibility index (Phi) is 30.0. The van der Waals surface area contributed by atoms with Crippen molar-refractivity contribution in [2.45, 2.75) is 172 Å². The zero-order valence-electron chi connectivity index (χ0n) is 35.2. The number of nitrogens with zero attached hydrogens (tertiary/aromatic N) is 1. The van der Waals surface area contributed by atoms with E-state index in [9.17, 15) is 22.1 Å². The van der Waals surface area contributed by atoms with Crippen molar-refractivity contribution < 1.29 is 63.7 Å². The van der Waals surface area contributed by atoms with Gasteiger partial charge >= 0.3 is 23.2 Å². The minimum absolute atomic E-state index is 0.0602. The second kappa shape index (κ2) is 27.7. The molecule has 0 aromatic heterocycles. The summed E-state index contributed by atoms with van der Waals surface area (Å²) in [6.07, 6.45) is -0.185. The van der Waals surface area contributed by atoms with E-state index in [2.05, 4.69) is 14.4 Å². The van der Waals surface area contributed by atoms with Gasteiger partial charge in [0.05, 0.1) is 62.7 Å². The molecule has 0 aromatic rings. The Balaban J connectivity index is -0.000000670. The lowest BCUT2D eigenvalue weighted by molar-refractivity contribution is 0.123. The molecule has 1 aliphatic heterocycles. The minimum atomic E-state index is -3.53. The van der Waals surface area contributed by atoms with Crippen molar-refractivity contribution in [1.82, 2.24) is 14.8 Å². The Morgan fingerprint density at radius 2 is 0.925 bits per heavy atom. The van der Waals surface area contributed by atoms with Crippen LogP contribution in [0.15, 0.2) is 0 Å². The standard InChI is InChI=1S/C10H24NO6PS.C9H22NO4P.C9H20NO3P.C3H9NO/c1-8(2)16-18(12,17-9(3)4)11-10(5)7-15-19(6,13)14;1-7(2)13-15(12,14-8(3)4)10-9(5)6-11;1-7(2)12-14(11,13-8(3)4)10-6-9(10)5;1-3(4)2-5/h8-10H,7H2,1-6H3,(H,11,12);7-9,11H,6H2,1-5H3,(H,10,12);7-9H,6H2,1-5H3;3,5H,2,4H2,1H3. The van der Waals surface area contributed by atoms with Gasteiger partial charge in [0.1, 0.15) is 0 Å². The summed E-state index contributed by atoms with van der Waals surface area (Å²) in [5.41, 5.74) is 5.04. The summed E-state index contributed by atoms with van der Waals surface area (Å²) in [7, 11) is -13.4. The van der Waals surface area contributed by atoms with Gasteiger partial charge in [0.15, 0.2) is 0 Å². The molecule has 1 saturated heterocycles. The molecule has 1 heterocycles. The summed E-state index contributed by atoms with van der Waals surface area (Å²) in [6.45, 7) is 29.2. The Morgan fingerprint density at radius 3 is 1.13 bits per heavy atom. The van der Waals surface area contributed by atoms with Gasteiger partial charge in [-0.2, -0.15) is 8.42 Å². The average molecular weight is 853 g/mol. The van der Waals surface area contributed by atoms with Gasteiger partial charge in [0.2, 0.25) is 0 Å². The number of hydrogen-bond donors (Lipinski definition) is 5. The lowest BCUT2D eigenvalue weighted by Crippen LogP contribution is -2.32. The molecule has 1 aliphatic rings. The van der Waals surface area contributed by atoms with Gasteiger partial charge in [-0.1, -0.05) is 0 Å². The van der Waals surface area contributed by atoms with E-state index in [1.165, 1.54) is 0 Å². The maximum absolute atomic E-state index is 12.4. The van der Waals surface area contributed by atoms with Crippen molar-refractivity contribution in [1.29, 1.82) is 0 Å². The van der Waals surface area contributed by atoms with Crippen LogP contribution in [-0.2, 0) is 55.1 Å². The molecule has 0 bridgehead atoms. The second-order valence-corrected chi connectivity index (χ2v) is 21.1. The van der Waals surface area contributed by atoms with E-state index in [0.717, 1.165) is 12.8 Å². The molecule has 6 N–H and O–H groups in total. The quantitative estimate of drug-likeness (QED) is 0.0492. The minimum Gasteiger partial charge on any atom is -0.395 e. The van der Waals surface area contributed by atoms with Crippen LogP contribution in [0.5, 0.6) is 0 Å². The summed E-state index contributed by atoms with van der Waals surface area (Å²) < 4.78 is 96.8. The molecule has 0 spiro atoms. The largest absolute Gasteiger partial charge is 0.409 e. The van der Waals surface area contributed by atoms with Crippen LogP contribution in [-0.4, -0.2) is 117 Å². The number of nitrogens with two attached hydrogens (primary N) is 1. The molecule has 1 rings (SSSR count). The fraction of sp³-hybridized carbons (Fsp3) is 1.00. The van der Waals surface area contributed by atoms with Crippen molar-refractivity contribution in [3.05, 3.63) is 0 Å². The molecule has 0 aromatic carbocycles. The van der Waals surface area contributed by atoms with E-state index in [-0.39, 0.29) is 68.5 Å². The van der Waals surface area contributed by atoms with Crippen LogP contribution in [0, 0.1) is 0 Å². The number of nitrogens with one attached hydrogen (secondary N) is 2. The molecular formula is C31H75N4O14P3S. The Hall–Kier alpha value is 0.120. The summed E-state index contributed by atoms with van der Waals surface area (Å²) in [5.74, 6) is 0. The molecule has 324 valence electrons. The Labute approximate surface area is 321 Å². The number of aliphatic hydroxyl groups is 2. The Bertz CT molecular complexity index is 1170. The number of rotatable bonds is 22. The van der Waals surface area contributed by atoms with Crippen LogP contribution in [0.25, 0.3) is 0 Å². The topological polar surface area (TPSA) is 244 Å². The maximum Gasteiger partial charge on any atom is 0.409 e. The highest BCUT2D eigenvalue weighted by atomic mass is 32.2. The van der Waals surface area contributed by atoms with Crippen LogP contribution >= 0.6 is 23.2 Å². The van der Waals surface area contributed by atoms with Gasteiger partial charge < -0.3 is 15.9 Å². The molecule has 53 heavy (non-hydrogen) atoms. The molecule has 0 radical (unpaired) electrons. The van der Waals surface area contributed by atoms with E-state index in [0.29, 0.717) is 6.04 Å². The zero-order chi connectivity index (χ0) is 42.5. The first kappa shape index (κ1) is 57.4.